The number of carbonyl (C=O) groups is 2. The van der Waals surface area contributed by atoms with Gasteiger partial charge in [0.05, 0.1) is 19.6 Å². The number of aliphatic imine (C=N–C) groups is 2. The van der Waals surface area contributed by atoms with E-state index < -0.39 is 5.54 Å². The van der Waals surface area contributed by atoms with E-state index >= 15 is 0 Å². The molecule has 0 radical (unpaired) electrons. The van der Waals surface area contributed by atoms with E-state index in [-0.39, 0.29) is 86.6 Å². The van der Waals surface area contributed by atoms with E-state index in [0.717, 1.165) is 163 Å². The summed E-state index contributed by atoms with van der Waals surface area (Å²) < 4.78 is 3.69. The molecule has 2 N–H and O–H groups in total. The molecule has 4 aliphatic rings. The van der Waals surface area contributed by atoms with Crippen molar-refractivity contribution in [1.29, 1.82) is 0 Å². The van der Waals surface area contributed by atoms with Crippen molar-refractivity contribution in [1.82, 2.24) is 50.6 Å². The van der Waals surface area contributed by atoms with Crippen molar-refractivity contribution >= 4 is 51.8 Å². The molecule has 0 saturated heterocycles. The van der Waals surface area contributed by atoms with E-state index in [1.54, 1.807) is 0 Å². The summed E-state index contributed by atoms with van der Waals surface area (Å²) in [7, 11) is 0. The molecule has 18 heteroatoms. The van der Waals surface area contributed by atoms with Crippen molar-refractivity contribution in [2.24, 2.45) is 9.98 Å². The average molecular weight is 1210 g/mol. The van der Waals surface area contributed by atoms with Gasteiger partial charge in [-0.25, -0.2) is 9.36 Å². The van der Waals surface area contributed by atoms with Crippen LogP contribution in [0.1, 0.15) is 126 Å². The zero-order valence-corrected chi connectivity index (χ0v) is 52.7. The van der Waals surface area contributed by atoms with Crippen LogP contribution >= 0.6 is 28.3 Å². The molecule has 2 aliphatic carbocycles. The number of halogens is 2. The molecule has 2 aliphatic heterocycles. The Labute approximate surface area is 538 Å². The first-order valence-electron chi connectivity index (χ1n) is 28.1. The fourth-order valence-electron chi connectivity index (χ4n) is 11.2. The standard InChI is InChI=1S/C32H34N6O.C21H17BrN4.C11H18N2O.ClH.K.H2O/c1-2-3-15-29-33-32(20-9-10-21-32)31(39)37(29)22-25-16-18-26(19-17-25)27-13-7-8-14-28(27)30-34-35-36-38(30)23-24-11-5-4-6-12-24;22-14-16-10-12-18(13-11-16)19-8-4-5-9-20(19)21-23-24-25-26(21)15-17-6-2-1-3-7-17;1-2-3-6-9-12-10(14)11(13-9)7-4-5-8-11;;;/h4-8,11-14,16-19H,2-3,9-10,15,20-23H2,1H3;1-13H,14-15H2;2-8H2,1H3,(H,12,13,14);1H;;1H2/q;;;;+1;/p-1. The van der Waals surface area contributed by atoms with Crippen molar-refractivity contribution in [3.63, 3.8) is 0 Å². The van der Waals surface area contributed by atoms with Gasteiger partial charge >= 0.3 is 51.4 Å². The van der Waals surface area contributed by atoms with Gasteiger partial charge < -0.3 is 10.8 Å². The number of alkyl halides is 1. The first kappa shape index (κ1) is 63.7. The van der Waals surface area contributed by atoms with Crippen LogP contribution in [0.5, 0.6) is 0 Å². The second-order valence-corrected chi connectivity index (χ2v) is 21.6. The van der Waals surface area contributed by atoms with E-state index in [9.17, 15) is 9.59 Å². The van der Waals surface area contributed by atoms with Crippen LogP contribution in [-0.2, 0) is 34.6 Å². The second-order valence-electron chi connectivity index (χ2n) is 21.0. The quantitative estimate of drug-likeness (QED) is 0.0683. The van der Waals surface area contributed by atoms with Gasteiger partial charge in [-0.1, -0.05) is 226 Å². The van der Waals surface area contributed by atoms with E-state index in [1.807, 2.05) is 74.9 Å². The Bertz CT molecular complexity index is 3380. The van der Waals surface area contributed by atoms with E-state index in [2.05, 4.69) is 168 Å². The van der Waals surface area contributed by atoms with Gasteiger partial charge in [-0.2, -0.15) is 0 Å². The number of carbonyl (C=O) groups excluding carboxylic acids is 2. The summed E-state index contributed by atoms with van der Waals surface area (Å²) in [5.74, 6) is 3.77. The first-order valence-corrected chi connectivity index (χ1v) is 29.3. The van der Waals surface area contributed by atoms with Crippen molar-refractivity contribution in [3.05, 3.63) is 180 Å². The topological polar surface area (TPSA) is 191 Å². The fraction of sp³-hybridized carbons (Fsp3) is 0.344. The molecule has 2 aromatic heterocycles. The van der Waals surface area contributed by atoms with Crippen molar-refractivity contribution in [2.45, 2.75) is 140 Å². The maximum absolute atomic E-state index is 13.5. The number of nitrogens with zero attached hydrogens (tertiary/aromatic N) is 11. The van der Waals surface area contributed by atoms with Crippen LogP contribution < -0.4 is 56.7 Å². The molecule has 2 spiro atoms. The molecule has 15 nitrogen and oxygen atoms in total. The van der Waals surface area contributed by atoms with Crippen molar-refractivity contribution < 1.29 is 66.4 Å². The Morgan fingerprint density at radius 2 is 0.939 bits per heavy atom. The first-order chi connectivity index (χ1) is 38.8. The Kier molecular flexibility index (Phi) is 23.8. The SMILES string of the molecule is BrCc1ccc(-c2ccccc2-c2nnnn2Cc2ccccc2)cc1.CCCCC1=NC2(CCCC2)C(=O)N1.CCCCC1=NC2(CCCC2)C(=O)N1Cc1ccc(-c2ccccc2-c2nnnn2Cc2ccccc2)cc1.Cl.[K+].[OH-]. The predicted octanol–water partition coefficient (Wildman–Crippen LogP) is 10.5. The minimum Gasteiger partial charge on any atom is -0.870 e. The number of hydrogen-bond donors (Lipinski definition) is 1. The summed E-state index contributed by atoms with van der Waals surface area (Å²) in [6, 6.07) is 54.0. The van der Waals surface area contributed by atoms with Crippen LogP contribution in [0.15, 0.2) is 168 Å². The Morgan fingerprint density at radius 3 is 1.41 bits per heavy atom. The number of hydrogen-bond acceptors (Lipinski definition) is 11. The molecule has 82 heavy (non-hydrogen) atoms. The third-order valence-corrected chi connectivity index (χ3v) is 16.1. The molecule has 6 aromatic carbocycles. The number of tetrazole rings is 2. The smallest absolute Gasteiger partial charge is 0.870 e. The van der Waals surface area contributed by atoms with Gasteiger partial charge in [-0.3, -0.25) is 24.5 Å². The minimum absolute atomic E-state index is 0. The number of rotatable bonds is 17. The summed E-state index contributed by atoms with van der Waals surface area (Å²) in [5, 5.41) is 28.8. The molecule has 420 valence electrons. The Morgan fingerprint density at radius 1 is 0.512 bits per heavy atom. The van der Waals surface area contributed by atoms with E-state index in [1.165, 1.54) is 11.1 Å². The summed E-state index contributed by atoms with van der Waals surface area (Å²) in [5.41, 5.74) is 10.3. The number of unbranched alkanes of at least 4 members (excludes halogenated alkanes) is 2. The molecule has 12 rings (SSSR count). The van der Waals surface area contributed by atoms with Gasteiger partial charge in [0.25, 0.3) is 11.8 Å². The van der Waals surface area contributed by atoms with E-state index in [4.69, 9.17) is 4.99 Å². The number of amides is 2. The normalized spacial score (nSPS) is 15.3. The third kappa shape index (κ3) is 15.1. The number of amidine groups is 2. The van der Waals surface area contributed by atoms with Crippen LogP contribution in [-0.4, -0.2) is 85.4 Å². The molecule has 0 unspecified atom stereocenters. The molecular formula is C64H71BrClKN12O3. The second kappa shape index (κ2) is 30.6. The van der Waals surface area contributed by atoms with Crippen molar-refractivity contribution in [2.75, 3.05) is 0 Å². The van der Waals surface area contributed by atoms with Gasteiger partial charge in [0.2, 0.25) is 0 Å². The number of aromatic nitrogens is 8. The molecule has 2 fully saturated rings. The Hall–Kier alpha value is -5.89. The monoisotopic (exact) mass is 1210 g/mol. The Balaban J connectivity index is 0.000000194. The van der Waals surface area contributed by atoms with Gasteiger partial charge in [-0.15, -0.1) is 22.6 Å². The number of benzene rings is 6. The summed E-state index contributed by atoms with van der Waals surface area (Å²) in [6.07, 6.45) is 14.4. The maximum Gasteiger partial charge on any atom is 1.00 e. The summed E-state index contributed by atoms with van der Waals surface area (Å²) in [4.78, 5) is 36.9. The summed E-state index contributed by atoms with van der Waals surface area (Å²) >= 11 is 3.50. The van der Waals surface area contributed by atoms with Gasteiger partial charge in [0.1, 0.15) is 22.7 Å². The minimum atomic E-state index is -0.494. The molecule has 0 atom stereocenters. The fourth-order valence-corrected chi connectivity index (χ4v) is 11.5. The number of nitrogens with one attached hydrogen (secondary N) is 1. The van der Waals surface area contributed by atoms with Crippen LogP contribution in [0.25, 0.3) is 45.0 Å². The molecule has 0 bridgehead atoms. The molecule has 4 heterocycles. The predicted molar refractivity (Wildman–Crippen MR) is 325 cm³/mol. The van der Waals surface area contributed by atoms with Crippen LogP contribution in [0.2, 0.25) is 0 Å². The van der Waals surface area contributed by atoms with Crippen LogP contribution in [0.3, 0.4) is 0 Å². The van der Waals surface area contributed by atoms with Gasteiger partial charge in [-0.05, 0) is 104 Å². The zero-order chi connectivity index (χ0) is 54.4. The molecule has 2 saturated carbocycles. The molecule has 2 amide bonds. The van der Waals surface area contributed by atoms with Gasteiger partial charge in [0, 0.05) is 29.3 Å². The van der Waals surface area contributed by atoms with Crippen LogP contribution in [0.4, 0.5) is 0 Å². The zero-order valence-electron chi connectivity index (χ0n) is 47.2. The van der Waals surface area contributed by atoms with E-state index in [0.29, 0.717) is 19.6 Å². The third-order valence-electron chi connectivity index (χ3n) is 15.5. The van der Waals surface area contributed by atoms with Crippen LogP contribution in [0, 0.1) is 0 Å². The largest absolute Gasteiger partial charge is 1.00 e. The average Bonchev–Trinajstić information content (AvgIpc) is 3.94. The summed E-state index contributed by atoms with van der Waals surface area (Å²) in [6.45, 7) is 6.15. The molecular weight excluding hydrogens is 1140 g/mol. The maximum atomic E-state index is 13.5. The van der Waals surface area contributed by atoms with Crippen molar-refractivity contribution in [3.8, 4) is 45.0 Å². The molecule has 8 aromatic rings. The van der Waals surface area contributed by atoms with Gasteiger partial charge in [0.15, 0.2) is 11.6 Å².